The predicted octanol–water partition coefficient (Wildman–Crippen LogP) is 3.77. The van der Waals surface area contributed by atoms with Gasteiger partial charge in [-0.3, -0.25) is 9.78 Å². The third-order valence-electron chi connectivity index (χ3n) is 2.86. The Kier molecular flexibility index (Phi) is 3.33. The first-order valence-corrected chi connectivity index (χ1v) is 5.76. The van der Waals surface area contributed by atoms with E-state index in [-0.39, 0.29) is 5.78 Å². The van der Waals surface area contributed by atoms with Crippen LogP contribution in [-0.4, -0.2) is 10.8 Å². The number of allylic oxidation sites excluding steroid dienone is 1. The first kappa shape index (κ1) is 11.5. The van der Waals surface area contributed by atoms with Crippen molar-refractivity contribution in [2.45, 2.75) is 19.8 Å². The van der Waals surface area contributed by atoms with E-state index in [0.717, 1.165) is 28.5 Å². The van der Waals surface area contributed by atoms with Crippen molar-refractivity contribution in [3.05, 3.63) is 54.2 Å². The van der Waals surface area contributed by atoms with Crippen molar-refractivity contribution < 1.29 is 4.79 Å². The van der Waals surface area contributed by atoms with Crippen LogP contribution in [0.25, 0.3) is 10.9 Å². The molecular weight excluding hydrogens is 210 g/mol. The summed E-state index contributed by atoms with van der Waals surface area (Å²) in [7, 11) is 0. The Morgan fingerprint density at radius 3 is 2.82 bits per heavy atom. The molecule has 0 aliphatic carbocycles. The van der Waals surface area contributed by atoms with Crippen molar-refractivity contribution >= 4 is 16.7 Å². The number of fused-ring (bicyclic) bond motifs is 1. The van der Waals surface area contributed by atoms with Crippen LogP contribution >= 0.6 is 0 Å². The smallest absolute Gasteiger partial charge is 0.167 e. The maximum atomic E-state index is 12.1. The summed E-state index contributed by atoms with van der Waals surface area (Å²) in [6.45, 7) is 5.90. The van der Waals surface area contributed by atoms with Crippen LogP contribution in [0.2, 0.25) is 0 Å². The minimum Gasteiger partial charge on any atom is -0.294 e. The van der Waals surface area contributed by atoms with Crippen molar-refractivity contribution in [1.29, 1.82) is 0 Å². The molecule has 0 atom stereocenters. The van der Waals surface area contributed by atoms with E-state index in [0.29, 0.717) is 6.42 Å². The number of rotatable bonds is 4. The maximum absolute atomic E-state index is 12.1. The van der Waals surface area contributed by atoms with Crippen LogP contribution < -0.4 is 0 Å². The summed E-state index contributed by atoms with van der Waals surface area (Å²) in [6.07, 6.45) is 2.95. The minimum atomic E-state index is 0.121. The Bertz CT molecular complexity index is 567. The van der Waals surface area contributed by atoms with Crippen LogP contribution in [0.1, 0.15) is 30.1 Å². The van der Waals surface area contributed by atoms with Crippen molar-refractivity contribution in [1.82, 2.24) is 4.98 Å². The predicted molar refractivity (Wildman–Crippen MR) is 70.1 cm³/mol. The van der Waals surface area contributed by atoms with Gasteiger partial charge in [-0.1, -0.05) is 37.3 Å². The second-order valence-corrected chi connectivity index (χ2v) is 4.08. The molecule has 0 saturated heterocycles. The lowest BCUT2D eigenvalue weighted by molar-refractivity contribution is 0.0994. The summed E-state index contributed by atoms with van der Waals surface area (Å²) < 4.78 is 0. The van der Waals surface area contributed by atoms with Gasteiger partial charge in [0.25, 0.3) is 0 Å². The molecule has 0 radical (unpaired) electrons. The zero-order valence-electron chi connectivity index (χ0n) is 9.94. The second kappa shape index (κ2) is 4.91. The lowest BCUT2D eigenvalue weighted by Gasteiger charge is -2.05. The number of benzene rings is 1. The van der Waals surface area contributed by atoms with Gasteiger partial charge in [0.15, 0.2) is 5.78 Å². The summed E-state index contributed by atoms with van der Waals surface area (Å²) in [5.41, 5.74) is 2.57. The van der Waals surface area contributed by atoms with Gasteiger partial charge in [-0.15, -0.1) is 0 Å². The molecule has 1 aromatic heterocycles. The number of hydrogen-bond donors (Lipinski definition) is 0. The number of hydrogen-bond acceptors (Lipinski definition) is 2. The van der Waals surface area contributed by atoms with Gasteiger partial charge in [-0.2, -0.15) is 0 Å². The second-order valence-electron chi connectivity index (χ2n) is 4.08. The van der Waals surface area contributed by atoms with E-state index in [4.69, 9.17) is 0 Å². The standard InChI is InChI=1S/C15H15NO/c1-3-11(2)10-15(17)13-8-9-16-14-7-5-4-6-12(13)14/h4-9H,2-3,10H2,1H3. The van der Waals surface area contributed by atoms with Crippen molar-refractivity contribution in [2.75, 3.05) is 0 Å². The number of nitrogens with zero attached hydrogens (tertiary/aromatic N) is 1. The van der Waals surface area contributed by atoms with Gasteiger partial charge in [0.1, 0.15) is 0 Å². The molecule has 2 aromatic rings. The fourth-order valence-corrected chi connectivity index (χ4v) is 1.79. The molecular formula is C15H15NO. The van der Waals surface area contributed by atoms with Gasteiger partial charge in [-0.25, -0.2) is 0 Å². The topological polar surface area (TPSA) is 30.0 Å². The third-order valence-corrected chi connectivity index (χ3v) is 2.86. The Labute approximate surface area is 101 Å². The van der Waals surface area contributed by atoms with E-state index in [1.165, 1.54) is 0 Å². The van der Waals surface area contributed by atoms with Crippen LogP contribution in [0.3, 0.4) is 0 Å². The minimum absolute atomic E-state index is 0.121. The van der Waals surface area contributed by atoms with E-state index < -0.39 is 0 Å². The van der Waals surface area contributed by atoms with Crippen LogP contribution in [0.4, 0.5) is 0 Å². The molecule has 0 unspecified atom stereocenters. The highest BCUT2D eigenvalue weighted by Crippen LogP contribution is 2.19. The van der Waals surface area contributed by atoms with E-state index in [9.17, 15) is 4.79 Å². The zero-order valence-corrected chi connectivity index (χ0v) is 9.94. The van der Waals surface area contributed by atoms with E-state index in [1.54, 1.807) is 12.3 Å². The largest absolute Gasteiger partial charge is 0.294 e. The highest BCUT2D eigenvalue weighted by Gasteiger charge is 2.10. The lowest BCUT2D eigenvalue weighted by Crippen LogP contribution is -2.01. The van der Waals surface area contributed by atoms with Crippen LogP contribution in [0.5, 0.6) is 0 Å². The lowest BCUT2D eigenvalue weighted by atomic mass is 10.00. The SMILES string of the molecule is C=C(CC)CC(=O)c1ccnc2ccccc12. The first-order valence-electron chi connectivity index (χ1n) is 5.76. The summed E-state index contributed by atoms with van der Waals surface area (Å²) in [5.74, 6) is 0.121. The van der Waals surface area contributed by atoms with Gasteiger partial charge >= 0.3 is 0 Å². The normalized spacial score (nSPS) is 10.4. The molecule has 86 valence electrons. The molecule has 2 nitrogen and oxygen atoms in total. The fraction of sp³-hybridized carbons (Fsp3) is 0.200. The summed E-state index contributed by atoms with van der Waals surface area (Å²) >= 11 is 0. The van der Waals surface area contributed by atoms with Gasteiger partial charge < -0.3 is 0 Å². The third kappa shape index (κ3) is 2.41. The molecule has 0 fully saturated rings. The number of pyridine rings is 1. The fourth-order valence-electron chi connectivity index (χ4n) is 1.79. The maximum Gasteiger partial charge on any atom is 0.167 e. The highest BCUT2D eigenvalue weighted by atomic mass is 16.1. The van der Waals surface area contributed by atoms with Gasteiger partial charge in [0.2, 0.25) is 0 Å². The van der Waals surface area contributed by atoms with Gasteiger partial charge in [0.05, 0.1) is 5.52 Å². The molecule has 0 spiro atoms. The number of para-hydroxylation sites is 1. The Hall–Kier alpha value is -1.96. The van der Waals surface area contributed by atoms with Crippen LogP contribution in [-0.2, 0) is 0 Å². The highest BCUT2D eigenvalue weighted by molar-refractivity contribution is 6.07. The van der Waals surface area contributed by atoms with Crippen molar-refractivity contribution in [3.63, 3.8) is 0 Å². The Morgan fingerprint density at radius 1 is 1.29 bits per heavy atom. The molecule has 0 aliphatic rings. The zero-order chi connectivity index (χ0) is 12.3. The van der Waals surface area contributed by atoms with Crippen molar-refractivity contribution in [3.8, 4) is 0 Å². The number of carbonyl (C=O) groups is 1. The quantitative estimate of drug-likeness (QED) is 0.585. The van der Waals surface area contributed by atoms with Crippen molar-refractivity contribution in [2.24, 2.45) is 0 Å². The molecule has 0 aliphatic heterocycles. The number of Topliss-reactive ketones (excluding diaryl/α,β-unsaturated/α-hetero) is 1. The number of aromatic nitrogens is 1. The van der Waals surface area contributed by atoms with Gasteiger partial charge in [0, 0.05) is 23.6 Å². The number of carbonyl (C=O) groups excluding carboxylic acids is 1. The Balaban J connectivity index is 2.41. The molecule has 17 heavy (non-hydrogen) atoms. The summed E-state index contributed by atoms with van der Waals surface area (Å²) in [6, 6.07) is 9.49. The van der Waals surface area contributed by atoms with Crippen LogP contribution in [0, 0.1) is 0 Å². The van der Waals surface area contributed by atoms with E-state index >= 15 is 0 Å². The van der Waals surface area contributed by atoms with E-state index in [2.05, 4.69) is 11.6 Å². The van der Waals surface area contributed by atoms with E-state index in [1.807, 2.05) is 31.2 Å². The van der Waals surface area contributed by atoms with Gasteiger partial charge in [-0.05, 0) is 18.6 Å². The molecule has 2 rings (SSSR count). The molecule has 2 heteroatoms. The summed E-state index contributed by atoms with van der Waals surface area (Å²) in [5, 5.41) is 0.920. The van der Waals surface area contributed by atoms with Crippen LogP contribution in [0.15, 0.2) is 48.7 Å². The summed E-state index contributed by atoms with van der Waals surface area (Å²) in [4.78, 5) is 16.4. The molecule has 1 aromatic carbocycles. The molecule has 0 amide bonds. The molecule has 0 bridgehead atoms. The molecule has 0 N–H and O–H groups in total. The molecule has 1 heterocycles. The molecule has 0 saturated carbocycles. The first-order chi connectivity index (χ1) is 8.22. The number of ketones is 1. The monoisotopic (exact) mass is 225 g/mol. The Morgan fingerprint density at radius 2 is 2.06 bits per heavy atom. The average molecular weight is 225 g/mol. The average Bonchev–Trinajstić information content (AvgIpc) is 2.37.